The van der Waals surface area contributed by atoms with Crippen LogP contribution in [0.15, 0.2) is 24.3 Å². The lowest BCUT2D eigenvalue weighted by Gasteiger charge is -2.25. The van der Waals surface area contributed by atoms with Crippen LogP contribution in [-0.4, -0.2) is 24.1 Å². The van der Waals surface area contributed by atoms with E-state index < -0.39 is 10.5 Å². The zero-order chi connectivity index (χ0) is 13.9. The molecule has 0 saturated heterocycles. The van der Waals surface area contributed by atoms with Gasteiger partial charge in [0.2, 0.25) is 0 Å². The van der Waals surface area contributed by atoms with Gasteiger partial charge in [0, 0.05) is 6.07 Å². The van der Waals surface area contributed by atoms with Crippen molar-refractivity contribution in [2.45, 2.75) is 18.4 Å². The van der Waals surface area contributed by atoms with E-state index in [4.69, 9.17) is 4.74 Å². The molecule has 0 heterocycles. The van der Waals surface area contributed by atoms with Crippen LogP contribution in [0.5, 0.6) is 5.75 Å². The molecule has 1 aromatic carbocycles. The van der Waals surface area contributed by atoms with Gasteiger partial charge < -0.3 is 4.74 Å². The molecule has 1 fully saturated rings. The summed E-state index contributed by atoms with van der Waals surface area (Å²) in [6.45, 7) is 0.107. The summed E-state index contributed by atoms with van der Waals surface area (Å²) in [5, 5.41) is 23.2. The quantitative estimate of drug-likeness (QED) is 0.623. The molecular weight excluding hydrogens is 246 g/mol. The summed E-state index contributed by atoms with van der Waals surface area (Å²) in [6, 6.07) is 8.43. The summed E-state index contributed by atoms with van der Waals surface area (Å²) in [5.74, 6) is 0.452. The predicted octanol–water partition coefficient (Wildman–Crippen LogP) is 1.87. The first-order chi connectivity index (χ1) is 9.13. The van der Waals surface area contributed by atoms with Gasteiger partial charge in [0.15, 0.2) is 5.75 Å². The molecule has 6 heteroatoms. The second kappa shape index (κ2) is 5.24. The van der Waals surface area contributed by atoms with E-state index >= 15 is 0 Å². The minimum Gasteiger partial charge on any atom is -0.484 e. The lowest BCUT2D eigenvalue weighted by molar-refractivity contribution is -0.385. The number of rotatable bonds is 6. The van der Waals surface area contributed by atoms with Gasteiger partial charge in [-0.2, -0.15) is 5.26 Å². The molecule has 0 bridgehead atoms. The van der Waals surface area contributed by atoms with Gasteiger partial charge in [-0.25, -0.2) is 0 Å². The molecule has 1 saturated carbocycles. The largest absolute Gasteiger partial charge is 0.484 e. The molecule has 100 valence electrons. The molecule has 2 rings (SSSR count). The van der Waals surface area contributed by atoms with Crippen molar-refractivity contribution < 1.29 is 9.66 Å². The van der Waals surface area contributed by atoms with Crippen molar-refractivity contribution in [3.8, 4) is 11.8 Å². The normalized spacial score (nSPS) is 17.3. The van der Waals surface area contributed by atoms with Crippen LogP contribution in [0.4, 0.5) is 5.69 Å². The fourth-order valence-electron chi connectivity index (χ4n) is 2.07. The second-order valence-electron chi connectivity index (χ2n) is 4.62. The van der Waals surface area contributed by atoms with Crippen molar-refractivity contribution in [1.29, 1.82) is 5.26 Å². The molecule has 1 unspecified atom stereocenters. The molecule has 1 atom stereocenters. The van der Waals surface area contributed by atoms with Gasteiger partial charge in [0.1, 0.15) is 12.1 Å². The van der Waals surface area contributed by atoms with Crippen molar-refractivity contribution in [3.05, 3.63) is 34.4 Å². The van der Waals surface area contributed by atoms with Crippen molar-refractivity contribution in [2.75, 3.05) is 13.7 Å². The molecule has 0 aromatic heterocycles. The van der Waals surface area contributed by atoms with E-state index in [9.17, 15) is 15.4 Å². The maximum Gasteiger partial charge on any atom is 0.310 e. The van der Waals surface area contributed by atoms with Crippen LogP contribution in [0, 0.1) is 27.4 Å². The third kappa shape index (κ3) is 2.66. The molecule has 6 nitrogen and oxygen atoms in total. The first-order valence-corrected chi connectivity index (χ1v) is 6.09. The number of benzene rings is 1. The van der Waals surface area contributed by atoms with E-state index in [1.807, 2.05) is 0 Å². The number of nitro benzene ring substituents is 1. The van der Waals surface area contributed by atoms with Gasteiger partial charge >= 0.3 is 5.69 Å². The van der Waals surface area contributed by atoms with Crippen LogP contribution in [0.3, 0.4) is 0 Å². The maximum atomic E-state index is 10.9. The molecule has 1 aliphatic rings. The zero-order valence-corrected chi connectivity index (χ0v) is 10.6. The topological polar surface area (TPSA) is 88.2 Å². The smallest absolute Gasteiger partial charge is 0.310 e. The number of nitrogens with zero attached hydrogens (tertiary/aromatic N) is 2. The van der Waals surface area contributed by atoms with Crippen LogP contribution in [0.1, 0.15) is 12.8 Å². The number of hydrogen-bond donors (Lipinski definition) is 1. The van der Waals surface area contributed by atoms with Crippen molar-refractivity contribution in [3.63, 3.8) is 0 Å². The standard InChI is InChI=1S/C13H15N3O3/c1-15-13(8-14,10-6-7-10)9-19-12-5-3-2-4-11(12)16(17)18/h2-5,10,15H,6-7,9H2,1H3. The first-order valence-electron chi connectivity index (χ1n) is 6.09. The summed E-state index contributed by atoms with van der Waals surface area (Å²) in [7, 11) is 1.71. The zero-order valence-electron chi connectivity index (χ0n) is 10.6. The Morgan fingerprint density at radius 3 is 2.79 bits per heavy atom. The minimum atomic E-state index is -0.760. The molecule has 0 aliphatic heterocycles. The van der Waals surface area contributed by atoms with Gasteiger partial charge in [-0.1, -0.05) is 12.1 Å². The third-order valence-corrected chi connectivity index (χ3v) is 3.44. The average molecular weight is 261 g/mol. The Labute approximate surface area is 111 Å². The lowest BCUT2D eigenvalue weighted by Crippen LogP contribution is -2.49. The highest BCUT2D eigenvalue weighted by Crippen LogP contribution is 2.40. The van der Waals surface area contributed by atoms with E-state index in [0.29, 0.717) is 0 Å². The van der Waals surface area contributed by atoms with Crippen LogP contribution in [-0.2, 0) is 0 Å². The summed E-state index contributed by atoms with van der Waals surface area (Å²) in [6.07, 6.45) is 1.96. The van der Waals surface area contributed by atoms with E-state index in [-0.39, 0.29) is 24.0 Å². The Balaban J connectivity index is 2.14. The van der Waals surface area contributed by atoms with Crippen molar-refractivity contribution in [2.24, 2.45) is 5.92 Å². The summed E-state index contributed by atoms with van der Waals surface area (Å²) < 4.78 is 5.52. The summed E-state index contributed by atoms with van der Waals surface area (Å²) in [4.78, 5) is 10.4. The first kappa shape index (κ1) is 13.3. The van der Waals surface area contributed by atoms with Crippen LogP contribution >= 0.6 is 0 Å². The van der Waals surface area contributed by atoms with Gasteiger partial charge in [-0.15, -0.1) is 0 Å². The molecular formula is C13H15N3O3. The monoisotopic (exact) mass is 261 g/mol. The van der Waals surface area contributed by atoms with Gasteiger partial charge in [-0.05, 0) is 31.9 Å². The minimum absolute atomic E-state index is 0.0822. The Morgan fingerprint density at radius 1 is 1.58 bits per heavy atom. The molecule has 1 N–H and O–H groups in total. The van der Waals surface area contributed by atoms with Crippen LogP contribution in [0.2, 0.25) is 0 Å². The fraction of sp³-hybridized carbons (Fsp3) is 0.462. The highest BCUT2D eigenvalue weighted by Gasteiger charge is 2.45. The van der Waals surface area contributed by atoms with E-state index in [0.717, 1.165) is 12.8 Å². The Bertz CT molecular complexity index is 522. The molecule has 1 aromatic rings. The van der Waals surface area contributed by atoms with Crippen LogP contribution in [0.25, 0.3) is 0 Å². The lowest BCUT2D eigenvalue weighted by atomic mass is 9.96. The molecule has 0 radical (unpaired) electrons. The second-order valence-corrected chi connectivity index (χ2v) is 4.62. The number of ether oxygens (including phenoxy) is 1. The number of nitriles is 1. The summed E-state index contributed by atoms with van der Waals surface area (Å²) >= 11 is 0. The SMILES string of the molecule is CNC(C#N)(COc1ccccc1[N+](=O)[O-])C1CC1. The Kier molecular flexibility index (Phi) is 3.67. The maximum absolute atomic E-state index is 10.9. The number of nitro groups is 1. The number of likely N-dealkylation sites (N-methyl/N-ethyl adjacent to an activating group) is 1. The number of hydrogen-bond acceptors (Lipinski definition) is 5. The third-order valence-electron chi connectivity index (χ3n) is 3.44. The van der Waals surface area contributed by atoms with E-state index in [1.54, 1.807) is 25.2 Å². The van der Waals surface area contributed by atoms with Crippen molar-refractivity contribution in [1.82, 2.24) is 5.32 Å². The van der Waals surface area contributed by atoms with E-state index in [1.165, 1.54) is 6.07 Å². The predicted molar refractivity (Wildman–Crippen MR) is 68.7 cm³/mol. The Hall–Kier alpha value is -2.13. The van der Waals surface area contributed by atoms with Gasteiger partial charge in [0.05, 0.1) is 11.0 Å². The number of para-hydroxylation sites is 2. The molecule has 1 aliphatic carbocycles. The molecule has 0 amide bonds. The van der Waals surface area contributed by atoms with E-state index in [2.05, 4.69) is 11.4 Å². The Morgan fingerprint density at radius 2 is 2.26 bits per heavy atom. The number of nitrogens with one attached hydrogen (secondary N) is 1. The summed E-state index contributed by atoms with van der Waals surface area (Å²) in [5.41, 5.74) is -0.842. The van der Waals surface area contributed by atoms with Crippen molar-refractivity contribution >= 4 is 5.69 Å². The van der Waals surface area contributed by atoms with Gasteiger partial charge in [-0.3, -0.25) is 15.4 Å². The van der Waals surface area contributed by atoms with Gasteiger partial charge in [0.25, 0.3) is 0 Å². The fourth-order valence-corrected chi connectivity index (χ4v) is 2.07. The average Bonchev–Trinajstić information content (AvgIpc) is 3.26. The highest BCUT2D eigenvalue weighted by molar-refractivity contribution is 5.45. The molecule has 0 spiro atoms. The highest BCUT2D eigenvalue weighted by atomic mass is 16.6. The molecule has 19 heavy (non-hydrogen) atoms. The van der Waals surface area contributed by atoms with Crippen LogP contribution < -0.4 is 10.1 Å².